The van der Waals surface area contributed by atoms with Gasteiger partial charge in [0.2, 0.25) is 0 Å². The predicted molar refractivity (Wildman–Crippen MR) is 64.1 cm³/mol. The fraction of sp³-hybridized carbons (Fsp3) is 0.833. The Balaban J connectivity index is 5.07. The van der Waals surface area contributed by atoms with E-state index < -0.39 is 16.1 Å². The average Bonchev–Trinajstić information content (AvgIpc) is 2.26. The molecule has 0 N–H and O–H groups in total. The molecule has 0 fully saturated rings. The molecule has 0 aromatic heterocycles. The zero-order chi connectivity index (χ0) is 14.3. The first-order valence-electron chi connectivity index (χ1n) is 6.43. The maximum atomic E-state index is 13.1. The average molecular weight is 296 g/mol. The number of carbonyl (C=O) groups is 2. The molecular formula is C12H24O5Ti. The van der Waals surface area contributed by atoms with Crippen molar-refractivity contribution < 1.29 is 35.6 Å². The van der Waals surface area contributed by atoms with E-state index in [9.17, 15) is 12.9 Å². The predicted octanol–water partition coefficient (Wildman–Crippen LogP) is 2.72. The van der Waals surface area contributed by atoms with E-state index in [1.807, 2.05) is 13.8 Å². The standard InChI is InChI=1S/2C3H5O2.2C3H7.O.Ti/c2*1-3(5)2-4;2*1-3-2;;/h2*2H2,1H3;2*1,3H2,2H3;;/q2*-1;;;;+2. The first kappa shape index (κ1) is 17.8. The molecule has 0 unspecified atom stereocenters. The summed E-state index contributed by atoms with van der Waals surface area (Å²) in [6.45, 7) is 6.09. The van der Waals surface area contributed by atoms with Crippen LogP contribution in [0.15, 0.2) is 0 Å². The Morgan fingerprint density at radius 1 is 0.889 bits per heavy atom. The van der Waals surface area contributed by atoms with E-state index in [-0.39, 0.29) is 24.8 Å². The Morgan fingerprint density at radius 3 is 1.44 bits per heavy atom. The van der Waals surface area contributed by atoms with Gasteiger partial charge in [0.15, 0.2) is 0 Å². The second-order valence-corrected chi connectivity index (χ2v) is 11.6. The molecule has 18 heavy (non-hydrogen) atoms. The molecule has 0 bridgehead atoms. The van der Waals surface area contributed by atoms with Crippen molar-refractivity contribution in [2.24, 2.45) is 0 Å². The molecule has 0 radical (unpaired) electrons. The van der Waals surface area contributed by atoms with Gasteiger partial charge in [-0.25, -0.2) is 0 Å². The summed E-state index contributed by atoms with van der Waals surface area (Å²) in [7, 11) is 0. The molecule has 0 spiro atoms. The van der Waals surface area contributed by atoms with E-state index in [0.29, 0.717) is 22.3 Å². The van der Waals surface area contributed by atoms with Crippen molar-refractivity contribution in [3.63, 3.8) is 0 Å². The summed E-state index contributed by atoms with van der Waals surface area (Å²) >= 11 is -4.85. The van der Waals surface area contributed by atoms with Crippen LogP contribution in [0, 0.1) is 0 Å². The first-order chi connectivity index (χ1) is 8.25. The van der Waals surface area contributed by atoms with Crippen molar-refractivity contribution in [3.05, 3.63) is 0 Å². The molecule has 0 rings (SSSR count). The molecule has 6 heteroatoms. The Bertz CT molecular complexity index is 327. The number of carbonyl (C=O) groups excluding carboxylic acids is 2. The molecule has 0 saturated heterocycles. The first-order valence-corrected chi connectivity index (χ1v) is 10.5. The van der Waals surface area contributed by atoms with Crippen LogP contribution in [-0.2, 0) is 35.6 Å². The minimum absolute atomic E-state index is 0.194. The van der Waals surface area contributed by atoms with Crippen LogP contribution in [0.25, 0.3) is 0 Å². The van der Waals surface area contributed by atoms with E-state index in [1.54, 1.807) is 0 Å². The van der Waals surface area contributed by atoms with Crippen molar-refractivity contribution in [1.82, 2.24) is 0 Å². The van der Waals surface area contributed by atoms with Crippen LogP contribution in [0.2, 0.25) is 9.45 Å². The fourth-order valence-corrected chi connectivity index (χ4v) is 8.03. The topological polar surface area (TPSA) is 69.7 Å². The minimum atomic E-state index is -4.85. The van der Waals surface area contributed by atoms with E-state index in [4.69, 9.17) is 6.64 Å². The Kier molecular flexibility index (Phi) is 7.29. The summed E-state index contributed by atoms with van der Waals surface area (Å²) in [5.41, 5.74) is 0. The molecule has 0 aromatic carbocycles. The van der Waals surface area contributed by atoms with E-state index in [2.05, 4.69) is 0 Å². The molecule has 0 aliphatic carbocycles. The van der Waals surface area contributed by atoms with Gasteiger partial charge in [-0.1, -0.05) is 0 Å². The molecule has 0 aromatic rings. The van der Waals surface area contributed by atoms with Gasteiger partial charge >= 0.3 is 110 Å². The van der Waals surface area contributed by atoms with Crippen molar-refractivity contribution >= 4 is 11.6 Å². The van der Waals surface area contributed by atoms with Gasteiger partial charge in [-0.15, -0.1) is 0 Å². The van der Waals surface area contributed by atoms with Gasteiger partial charge in [0.1, 0.15) is 0 Å². The molecule has 0 aliphatic rings. The van der Waals surface area contributed by atoms with E-state index in [0.717, 1.165) is 0 Å². The quantitative estimate of drug-likeness (QED) is 0.580. The summed E-state index contributed by atoms with van der Waals surface area (Å²) in [6.07, 6.45) is 1.27. The van der Waals surface area contributed by atoms with Crippen molar-refractivity contribution in [2.75, 3.05) is 13.2 Å². The summed E-state index contributed by atoms with van der Waals surface area (Å²) in [4.78, 5) is 22.0. The number of ketones is 2. The Labute approximate surface area is 110 Å². The molecule has 0 atom stereocenters. The fourth-order valence-electron chi connectivity index (χ4n) is 1.95. The van der Waals surface area contributed by atoms with Gasteiger partial charge in [-0.3, -0.25) is 0 Å². The van der Waals surface area contributed by atoms with Crippen LogP contribution in [0.5, 0.6) is 0 Å². The van der Waals surface area contributed by atoms with Gasteiger partial charge in [-0.2, -0.15) is 0 Å². The van der Waals surface area contributed by atoms with E-state index in [1.165, 1.54) is 13.8 Å². The zero-order valence-corrected chi connectivity index (χ0v) is 13.3. The number of Topliss-reactive ketones (excluding diaryl/α,β-unsaturated/α-hetero) is 2. The van der Waals surface area contributed by atoms with Crippen LogP contribution in [-0.4, -0.2) is 24.8 Å². The van der Waals surface area contributed by atoms with Crippen molar-refractivity contribution in [2.45, 2.75) is 50.0 Å². The second-order valence-electron chi connectivity index (χ2n) is 4.85. The van der Waals surface area contributed by atoms with Gasteiger partial charge < -0.3 is 0 Å². The van der Waals surface area contributed by atoms with Crippen LogP contribution >= 0.6 is 0 Å². The van der Waals surface area contributed by atoms with Crippen LogP contribution in [0.4, 0.5) is 0 Å². The monoisotopic (exact) mass is 296 g/mol. The third-order valence-electron chi connectivity index (χ3n) is 2.66. The molecule has 5 nitrogen and oxygen atoms in total. The second kappa shape index (κ2) is 7.38. The van der Waals surface area contributed by atoms with Gasteiger partial charge in [0.25, 0.3) is 0 Å². The summed E-state index contributed by atoms with van der Waals surface area (Å²) in [5, 5.41) is 0. The van der Waals surface area contributed by atoms with Gasteiger partial charge in [0.05, 0.1) is 0 Å². The molecule has 106 valence electrons. The normalized spacial score (nSPS) is 12.5. The molecular weight excluding hydrogens is 272 g/mol. The van der Waals surface area contributed by atoms with Gasteiger partial charge in [-0.05, 0) is 0 Å². The SMILES string of the molecule is CC[CH2][Ti](=[O])([CH2]CC)([O]CC(C)=O)[O]CC(C)=O. The van der Waals surface area contributed by atoms with Crippen LogP contribution in [0.1, 0.15) is 40.5 Å². The number of rotatable bonds is 10. The molecule has 0 heterocycles. The van der Waals surface area contributed by atoms with Crippen LogP contribution in [0.3, 0.4) is 0 Å². The number of hydrogen-bond donors (Lipinski definition) is 0. The van der Waals surface area contributed by atoms with Crippen molar-refractivity contribution in [3.8, 4) is 0 Å². The Morgan fingerprint density at radius 2 is 1.22 bits per heavy atom. The Hall–Kier alpha value is -0.226. The molecule has 0 saturated carbocycles. The summed E-state index contributed by atoms with van der Waals surface area (Å²) in [6, 6.07) is 0. The maximum absolute atomic E-state index is 13.1. The third-order valence-corrected chi connectivity index (χ3v) is 9.70. The summed E-state index contributed by atoms with van der Waals surface area (Å²) < 4.78 is 24.6. The van der Waals surface area contributed by atoms with E-state index >= 15 is 0 Å². The molecule has 0 aliphatic heterocycles. The zero-order valence-electron chi connectivity index (χ0n) is 11.8. The van der Waals surface area contributed by atoms with Crippen molar-refractivity contribution in [1.29, 1.82) is 0 Å². The van der Waals surface area contributed by atoms with Gasteiger partial charge in [0, 0.05) is 0 Å². The van der Waals surface area contributed by atoms with Crippen LogP contribution < -0.4 is 0 Å². The molecule has 0 amide bonds. The summed E-state index contributed by atoms with van der Waals surface area (Å²) in [5.74, 6) is -0.389. The third kappa shape index (κ3) is 6.09. The number of hydrogen-bond acceptors (Lipinski definition) is 5.